The van der Waals surface area contributed by atoms with Gasteiger partial charge in [0.15, 0.2) is 0 Å². The van der Waals surface area contributed by atoms with E-state index in [-0.39, 0.29) is 5.56 Å². The van der Waals surface area contributed by atoms with Crippen LogP contribution in [0.3, 0.4) is 0 Å². The molecule has 0 amide bonds. The van der Waals surface area contributed by atoms with Crippen molar-refractivity contribution in [3.8, 4) is 17.0 Å². The molecule has 0 bridgehead atoms. The summed E-state index contributed by atoms with van der Waals surface area (Å²) in [6.07, 6.45) is 1.60. The number of hydrogen-bond acceptors (Lipinski definition) is 2. The number of ether oxygens (including phenoxy) is 1. The molecule has 1 aromatic carbocycles. The van der Waals surface area contributed by atoms with Crippen molar-refractivity contribution in [2.75, 3.05) is 6.61 Å². The smallest absolute Gasteiger partial charge is 0.264 e. The molecule has 110 valence electrons. The predicted octanol–water partition coefficient (Wildman–Crippen LogP) is 3.84. The predicted molar refractivity (Wildman–Crippen MR) is 90.2 cm³/mol. The zero-order valence-corrected chi connectivity index (χ0v) is 13.8. The molecule has 0 saturated carbocycles. The van der Waals surface area contributed by atoms with E-state index >= 15 is 0 Å². The second-order valence-electron chi connectivity index (χ2n) is 4.36. The first-order valence-corrected chi connectivity index (χ1v) is 7.59. The maximum absolute atomic E-state index is 14.3. The van der Waals surface area contributed by atoms with Crippen LogP contribution in [0.25, 0.3) is 11.3 Å². The minimum atomic E-state index is -0.417. The zero-order valence-electron chi connectivity index (χ0n) is 11.6. The molecular formula is C16H15FINO2. The molecule has 2 rings (SSSR count). The van der Waals surface area contributed by atoms with Gasteiger partial charge < -0.3 is 9.30 Å². The number of rotatable bonds is 5. The summed E-state index contributed by atoms with van der Waals surface area (Å²) in [7, 11) is 0. The summed E-state index contributed by atoms with van der Waals surface area (Å²) in [6, 6.07) is 8.09. The van der Waals surface area contributed by atoms with Gasteiger partial charge in [-0.05, 0) is 53.8 Å². The molecule has 0 atom stereocenters. The molecule has 0 aliphatic carbocycles. The molecule has 0 fully saturated rings. The highest BCUT2D eigenvalue weighted by Gasteiger charge is 2.12. The molecule has 0 N–H and O–H groups in total. The van der Waals surface area contributed by atoms with Crippen molar-refractivity contribution < 1.29 is 9.13 Å². The summed E-state index contributed by atoms with van der Waals surface area (Å²) in [4.78, 5) is 12.1. The van der Waals surface area contributed by atoms with Crippen LogP contribution in [0.4, 0.5) is 4.39 Å². The first-order chi connectivity index (χ1) is 10.1. The van der Waals surface area contributed by atoms with Crippen molar-refractivity contribution in [2.24, 2.45) is 0 Å². The normalized spacial score (nSPS) is 10.4. The maximum Gasteiger partial charge on any atom is 0.264 e. The van der Waals surface area contributed by atoms with Crippen LogP contribution < -0.4 is 10.3 Å². The Hall–Kier alpha value is -1.63. The summed E-state index contributed by atoms with van der Waals surface area (Å²) in [6.45, 7) is 6.21. The fourth-order valence-corrected chi connectivity index (χ4v) is 2.52. The van der Waals surface area contributed by atoms with E-state index in [1.807, 2.05) is 29.5 Å². The molecule has 3 nitrogen and oxygen atoms in total. The van der Waals surface area contributed by atoms with Gasteiger partial charge in [-0.25, -0.2) is 4.39 Å². The van der Waals surface area contributed by atoms with Gasteiger partial charge in [0.05, 0.1) is 9.26 Å². The quantitative estimate of drug-likeness (QED) is 0.565. The first kappa shape index (κ1) is 15.8. The average Bonchev–Trinajstić information content (AvgIpc) is 2.48. The van der Waals surface area contributed by atoms with Crippen LogP contribution in [0.1, 0.15) is 6.92 Å². The minimum Gasteiger partial charge on any atom is -0.489 e. The number of hydrogen-bond donors (Lipinski definition) is 0. The number of aromatic nitrogens is 1. The van der Waals surface area contributed by atoms with Crippen LogP contribution in [0.5, 0.6) is 5.75 Å². The molecule has 0 radical (unpaired) electrons. The Morgan fingerprint density at radius 2 is 2.14 bits per heavy atom. The van der Waals surface area contributed by atoms with Crippen LogP contribution in [-0.2, 0) is 6.54 Å². The van der Waals surface area contributed by atoms with Gasteiger partial charge >= 0.3 is 0 Å². The lowest BCUT2D eigenvalue weighted by Crippen LogP contribution is -2.23. The highest BCUT2D eigenvalue weighted by atomic mass is 127. The van der Waals surface area contributed by atoms with Gasteiger partial charge in [0.2, 0.25) is 0 Å². The van der Waals surface area contributed by atoms with Crippen molar-refractivity contribution >= 4 is 22.6 Å². The number of halogens is 2. The third-order valence-corrected chi connectivity index (χ3v) is 3.85. The molecule has 5 heteroatoms. The van der Waals surface area contributed by atoms with Gasteiger partial charge in [-0.2, -0.15) is 0 Å². The SMILES string of the molecule is C=CCOc1ccc(-c2ccc(I)c(=O)n2CC)c(F)c1. The lowest BCUT2D eigenvalue weighted by Gasteiger charge is -2.13. The third-order valence-electron chi connectivity index (χ3n) is 3.03. The first-order valence-electron chi connectivity index (χ1n) is 6.51. The lowest BCUT2D eigenvalue weighted by atomic mass is 10.1. The number of benzene rings is 1. The Bertz CT molecular complexity index is 725. The molecule has 0 spiro atoms. The summed E-state index contributed by atoms with van der Waals surface area (Å²) in [5.74, 6) is 0.0198. The Balaban J connectivity index is 2.50. The monoisotopic (exact) mass is 399 g/mol. The van der Waals surface area contributed by atoms with Crippen LogP contribution >= 0.6 is 22.6 Å². The highest BCUT2D eigenvalue weighted by Crippen LogP contribution is 2.26. The second-order valence-corrected chi connectivity index (χ2v) is 5.52. The van der Waals surface area contributed by atoms with Gasteiger partial charge in [0, 0.05) is 18.2 Å². The molecular weight excluding hydrogens is 384 g/mol. The molecule has 1 heterocycles. The van der Waals surface area contributed by atoms with Gasteiger partial charge in [-0.15, -0.1) is 0 Å². The second kappa shape index (κ2) is 6.89. The van der Waals surface area contributed by atoms with E-state index in [4.69, 9.17) is 4.74 Å². The van der Waals surface area contributed by atoms with E-state index in [2.05, 4.69) is 6.58 Å². The van der Waals surface area contributed by atoms with Gasteiger partial charge in [-0.1, -0.05) is 12.7 Å². The molecule has 2 aromatic rings. The van der Waals surface area contributed by atoms with E-state index in [9.17, 15) is 9.18 Å². The van der Waals surface area contributed by atoms with Crippen molar-refractivity contribution in [1.82, 2.24) is 4.57 Å². The highest BCUT2D eigenvalue weighted by molar-refractivity contribution is 14.1. The van der Waals surface area contributed by atoms with Gasteiger partial charge in [0.25, 0.3) is 5.56 Å². The Morgan fingerprint density at radius 1 is 1.38 bits per heavy atom. The van der Waals surface area contributed by atoms with Crippen molar-refractivity contribution in [3.63, 3.8) is 0 Å². The molecule has 0 aliphatic heterocycles. The molecule has 0 saturated heterocycles. The fraction of sp³-hybridized carbons (Fsp3) is 0.188. The van der Waals surface area contributed by atoms with Crippen molar-refractivity contribution in [1.29, 1.82) is 0 Å². The van der Waals surface area contributed by atoms with Gasteiger partial charge in [-0.3, -0.25) is 4.79 Å². The van der Waals surface area contributed by atoms with Crippen molar-refractivity contribution in [2.45, 2.75) is 13.5 Å². The summed E-state index contributed by atoms with van der Waals surface area (Å²) >= 11 is 1.98. The fourth-order valence-electron chi connectivity index (χ4n) is 2.05. The van der Waals surface area contributed by atoms with Crippen LogP contribution in [-0.4, -0.2) is 11.2 Å². The minimum absolute atomic E-state index is 0.109. The van der Waals surface area contributed by atoms with E-state index in [1.54, 1.807) is 34.9 Å². The maximum atomic E-state index is 14.3. The Labute approximate surface area is 136 Å². The van der Waals surface area contributed by atoms with Crippen LogP contribution in [0.15, 0.2) is 47.8 Å². The number of pyridine rings is 1. The standard InChI is InChI=1S/C16H15FINO2/c1-3-9-21-11-5-6-12(13(17)10-11)15-8-7-14(18)16(20)19(15)4-2/h3,5-8,10H,1,4,9H2,2H3. The lowest BCUT2D eigenvalue weighted by molar-refractivity contribution is 0.361. The van der Waals surface area contributed by atoms with Gasteiger partial charge in [0.1, 0.15) is 18.2 Å². The summed E-state index contributed by atoms with van der Waals surface area (Å²) in [5, 5.41) is 0. The van der Waals surface area contributed by atoms with E-state index < -0.39 is 5.82 Å². The largest absolute Gasteiger partial charge is 0.489 e. The summed E-state index contributed by atoms with van der Waals surface area (Å²) < 4.78 is 21.8. The van der Waals surface area contributed by atoms with E-state index in [1.165, 1.54) is 6.07 Å². The van der Waals surface area contributed by atoms with E-state index in [0.717, 1.165) is 0 Å². The van der Waals surface area contributed by atoms with Crippen LogP contribution in [0, 0.1) is 9.39 Å². The molecule has 1 aromatic heterocycles. The van der Waals surface area contributed by atoms with Crippen LogP contribution in [0.2, 0.25) is 0 Å². The van der Waals surface area contributed by atoms with Crippen molar-refractivity contribution in [3.05, 3.63) is 62.7 Å². The zero-order chi connectivity index (χ0) is 15.4. The summed E-state index contributed by atoms with van der Waals surface area (Å²) in [5.41, 5.74) is 0.842. The Morgan fingerprint density at radius 3 is 2.76 bits per heavy atom. The Kier molecular flexibility index (Phi) is 5.17. The van der Waals surface area contributed by atoms with E-state index in [0.29, 0.717) is 33.7 Å². The topological polar surface area (TPSA) is 31.2 Å². The molecule has 0 aliphatic rings. The molecule has 0 unspecified atom stereocenters. The third kappa shape index (κ3) is 3.34. The molecule has 21 heavy (non-hydrogen) atoms. The number of nitrogens with zero attached hydrogens (tertiary/aromatic N) is 1. The average molecular weight is 399 g/mol.